The third-order valence-electron chi connectivity index (χ3n) is 14.3. The first-order chi connectivity index (χ1) is 43.2. The number of hydrogen-bond donors (Lipinski definition) is 0. The van der Waals surface area contributed by atoms with E-state index < -0.39 is 102 Å². The lowest BCUT2D eigenvalue weighted by atomic mass is 9.82. The van der Waals surface area contributed by atoms with Gasteiger partial charge in [0.15, 0.2) is 0 Å². The Bertz CT molecular complexity index is 3210. The maximum Gasteiger partial charge on any atom is 0.330 e. The molecule has 3 aromatic carbocycles. The highest BCUT2D eigenvalue weighted by molar-refractivity contribution is 8.24. The van der Waals surface area contributed by atoms with Gasteiger partial charge in [0.2, 0.25) is 0 Å². The van der Waals surface area contributed by atoms with Crippen LogP contribution < -0.4 is 18.9 Å². The first kappa shape index (κ1) is 70.3. The van der Waals surface area contributed by atoms with E-state index in [1.807, 2.05) is 12.1 Å². The van der Waals surface area contributed by atoms with Crippen LogP contribution in [0, 0.1) is 46.3 Å². The van der Waals surface area contributed by atoms with E-state index in [1.165, 1.54) is 12.1 Å². The Hall–Kier alpha value is -8.78. The molecule has 1 heterocycles. The zero-order valence-electron chi connectivity index (χ0n) is 50.1. The minimum atomic E-state index is -0.675. The molecule has 2 aliphatic carbocycles. The summed E-state index contributed by atoms with van der Waals surface area (Å²) in [7, 11) is 0. The molecular weight excluding hydrogens is 1210 g/mol. The van der Waals surface area contributed by atoms with Gasteiger partial charge in [-0.3, -0.25) is 38.4 Å². The molecular formula is C65H70N2O21S2. The number of hydrogen-bond acceptors (Lipinski definition) is 25. The van der Waals surface area contributed by atoms with Crippen molar-refractivity contribution in [3.8, 4) is 35.1 Å². The summed E-state index contributed by atoms with van der Waals surface area (Å²) in [5, 5.41) is 19.4. The molecule has 3 atom stereocenters. The van der Waals surface area contributed by atoms with Gasteiger partial charge in [-0.1, -0.05) is 60.9 Å². The molecule has 25 heteroatoms. The van der Waals surface area contributed by atoms with Crippen LogP contribution in [0.25, 0.3) is 0 Å². The van der Waals surface area contributed by atoms with Crippen LogP contribution in [0.2, 0.25) is 0 Å². The lowest BCUT2D eigenvalue weighted by molar-refractivity contribution is -0.156. The summed E-state index contributed by atoms with van der Waals surface area (Å²) in [6, 6.07) is 20.2. The van der Waals surface area contributed by atoms with Crippen molar-refractivity contribution in [3.05, 3.63) is 107 Å². The molecule has 2 fully saturated rings. The second-order valence-electron chi connectivity index (χ2n) is 21.2. The second-order valence-corrected chi connectivity index (χ2v) is 23.5. The fourth-order valence-electron chi connectivity index (χ4n) is 9.26. The number of esters is 10. The van der Waals surface area contributed by atoms with Crippen LogP contribution in [0.3, 0.4) is 0 Å². The van der Waals surface area contributed by atoms with E-state index >= 15 is 0 Å². The van der Waals surface area contributed by atoms with E-state index in [2.05, 4.69) is 13.2 Å². The van der Waals surface area contributed by atoms with Crippen LogP contribution in [0.1, 0.15) is 109 Å². The first-order valence-electron chi connectivity index (χ1n) is 29.3. The minimum Gasteiger partial charge on any atom is -0.465 e. The molecule has 3 aliphatic rings. The monoisotopic (exact) mass is 1280 g/mol. The van der Waals surface area contributed by atoms with Crippen molar-refractivity contribution in [2.75, 3.05) is 33.0 Å². The summed E-state index contributed by atoms with van der Waals surface area (Å²) in [6.45, 7) is 11.5. The molecule has 478 valence electrons. The van der Waals surface area contributed by atoms with Crippen LogP contribution in [0.4, 0.5) is 0 Å². The number of carbonyl (C=O) groups excluding carboxylic acids is 10. The highest BCUT2D eigenvalue weighted by Gasteiger charge is 2.37. The van der Waals surface area contributed by atoms with Crippen LogP contribution in [-0.4, -0.2) is 111 Å². The smallest absolute Gasteiger partial charge is 0.330 e. The van der Waals surface area contributed by atoms with Gasteiger partial charge in [-0.25, -0.2) is 9.59 Å². The van der Waals surface area contributed by atoms with Gasteiger partial charge in [0.1, 0.15) is 66.1 Å². The summed E-state index contributed by atoms with van der Waals surface area (Å²) >= 11 is 2.09. The summed E-state index contributed by atoms with van der Waals surface area (Å²) in [4.78, 5) is 126. The van der Waals surface area contributed by atoms with Crippen LogP contribution in [0.5, 0.6) is 23.0 Å². The number of thioether (sulfide) groups is 2. The fraction of sp³-hybridized carbons (Fsp3) is 0.446. The normalized spacial score (nSPS) is 17.5. The molecule has 1 aliphatic heterocycles. The van der Waals surface area contributed by atoms with E-state index in [1.54, 1.807) is 69.3 Å². The molecule has 90 heavy (non-hydrogen) atoms. The molecule has 0 radical (unpaired) electrons. The Balaban J connectivity index is 0.884. The predicted octanol–water partition coefficient (Wildman–Crippen LogP) is 9.24. The number of benzene rings is 3. The Morgan fingerprint density at radius 3 is 1.17 bits per heavy atom. The quantitative estimate of drug-likeness (QED) is 0.0190. The number of allylic oxidation sites excluding steroid dienone is 1. The lowest BCUT2D eigenvalue weighted by Gasteiger charge is -2.26. The summed E-state index contributed by atoms with van der Waals surface area (Å²) < 4.78 is 59.7. The van der Waals surface area contributed by atoms with Gasteiger partial charge in [0.25, 0.3) is 0 Å². The third-order valence-corrected chi connectivity index (χ3v) is 16.9. The van der Waals surface area contributed by atoms with Crippen molar-refractivity contribution >= 4 is 83.2 Å². The molecule has 3 unspecified atom stereocenters. The van der Waals surface area contributed by atoms with Gasteiger partial charge in [0.05, 0.1) is 89.3 Å². The Morgan fingerprint density at radius 2 is 0.811 bits per heavy atom. The molecule has 0 aromatic heterocycles. The number of carbonyl (C=O) groups is 10. The summed E-state index contributed by atoms with van der Waals surface area (Å²) in [5.74, 6) is -6.73. The molecule has 0 spiro atoms. The maximum absolute atomic E-state index is 13.7. The van der Waals surface area contributed by atoms with Crippen molar-refractivity contribution < 1.29 is 100 Å². The average Bonchev–Trinajstić information content (AvgIpc) is 1.79. The largest absolute Gasteiger partial charge is 0.465 e. The molecule has 0 bridgehead atoms. The van der Waals surface area contributed by atoms with E-state index in [4.69, 9.17) is 52.1 Å². The van der Waals surface area contributed by atoms with Gasteiger partial charge < -0.3 is 52.1 Å². The standard InChI is InChI=1S/C65H70N2O21S2/c1-6-53(68)83-40(4)37-80-39(3)36-81-57(72)28-26-55(70)78-32-30-42-8-20-49(21-9-42)85-61(74)44-12-16-46(17-13-44)63(76)87-51-24-25-52(60-59(51)89-65(90-60)48(34-66)35-67)88-64(77)47-18-14-45(15-19-47)62(75)86-50-22-10-43(11-23-50)31-33-79-56(71)27-29-58(73)82-38-41(5)84-54(69)7-2/h6-11,20-25,39-41,44-47H,1-2,12-19,26-33,36-38H2,3-5H3. The SMILES string of the molecule is C=CC(=O)OC(C)COC(=O)CCC(=O)OCCc1ccc(OC(=O)C2CCC(C(=O)Oc3ccc(OC(=O)C4CCC(C(=O)Oc5ccc(CCOC(=O)CCC(=O)OCC(C)OCC(C)OC(=O)C=C)cc5)CC4)c4c3SC(=C(C#N)C#N)S4)CC2)cc1. The molecule has 3 aromatic rings. The van der Waals surface area contributed by atoms with E-state index in [9.17, 15) is 58.5 Å². The zero-order chi connectivity index (χ0) is 65.1. The topological polar surface area (TPSA) is 320 Å². The summed E-state index contributed by atoms with van der Waals surface area (Å²) in [6.07, 6.45) is 3.12. The maximum atomic E-state index is 13.7. The van der Waals surface area contributed by atoms with E-state index in [-0.39, 0.29) is 75.8 Å². The van der Waals surface area contributed by atoms with Gasteiger partial charge in [-0.15, -0.1) is 0 Å². The van der Waals surface area contributed by atoms with E-state index in [0.29, 0.717) is 89.7 Å². The van der Waals surface area contributed by atoms with Crippen molar-refractivity contribution in [1.82, 2.24) is 0 Å². The van der Waals surface area contributed by atoms with Crippen LogP contribution in [0.15, 0.2) is 106 Å². The van der Waals surface area contributed by atoms with Crippen molar-refractivity contribution in [3.63, 3.8) is 0 Å². The second kappa shape index (κ2) is 36.0. The molecule has 0 N–H and O–H groups in total. The zero-order valence-corrected chi connectivity index (χ0v) is 51.7. The van der Waals surface area contributed by atoms with Gasteiger partial charge >= 0.3 is 59.7 Å². The Kier molecular flexibility index (Phi) is 28.1. The number of nitriles is 2. The molecule has 0 amide bonds. The predicted molar refractivity (Wildman–Crippen MR) is 319 cm³/mol. The fourth-order valence-corrected chi connectivity index (χ4v) is 11.7. The number of rotatable bonds is 31. The number of nitrogens with zero attached hydrogens (tertiary/aromatic N) is 2. The van der Waals surface area contributed by atoms with Gasteiger partial charge in [0, 0.05) is 25.0 Å². The Labute approximate surface area is 529 Å². The molecule has 2 saturated carbocycles. The van der Waals surface area contributed by atoms with E-state index in [0.717, 1.165) is 46.8 Å². The van der Waals surface area contributed by atoms with Crippen molar-refractivity contribution in [2.45, 2.75) is 139 Å². The van der Waals surface area contributed by atoms with Crippen molar-refractivity contribution in [1.29, 1.82) is 10.5 Å². The third kappa shape index (κ3) is 23.0. The van der Waals surface area contributed by atoms with Crippen LogP contribution >= 0.6 is 23.5 Å². The number of ether oxygens (including phenoxy) is 11. The Morgan fingerprint density at radius 1 is 0.478 bits per heavy atom. The molecule has 23 nitrogen and oxygen atoms in total. The highest BCUT2D eigenvalue weighted by atomic mass is 32.2. The summed E-state index contributed by atoms with van der Waals surface area (Å²) in [5.41, 5.74) is 1.44. The van der Waals surface area contributed by atoms with Crippen molar-refractivity contribution in [2.24, 2.45) is 23.7 Å². The average molecular weight is 1280 g/mol. The number of fused-ring (bicyclic) bond motifs is 1. The first-order valence-corrected chi connectivity index (χ1v) is 30.9. The molecule has 6 rings (SSSR count). The van der Waals surface area contributed by atoms with Gasteiger partial charge in [-0.05, 0) is 120 Å². The van der Waals surface area contributed by atoms with Crippen LogP contribution in [-0.2, 0) is 93.9 Å². The lowest BCUT2D eigenvalue weighted by Crippen LogP contribution is -2.30. The minimum absolute atomic E-state index is 0.0475. The molecule has 0 saturated heterocycles. The highest BCUT2D eigenvalue weighted by Crippen LogP contribution is 2.59. The van der Waals surface area contributed by atoms with Gasteiger partial charge in [-0.2, -0.15) is 10.5 Å².